The van der Waals surface area contributed by atoms with Gasteiger partial charge >= 0.3 is 5.97 Å². The number of halogens is 2. The molecule has 0 radical (unpaired) electrons. The van der Waals surface area contributed by atoms with E-state index in [4.69, 9.17) is 21.1 Å². The molecule has 1 unspecified atom stereocenters. The van der Waals surface area contributed by atoms with E-state index in [0.717, 1.165) is 11.6 Å². The SMILES string of the molecule is CC(Oc1cc(OCc2ccsc2)cc(F)c1C#N)(C(=O)O)c1ccccc1Cl. The molecule has 1 aromatic heterocycles. The van der Waals surface area contributed by atoms with E-state index in [1.807, 2.05) is 16.8 Å². The van der Waals surface area contributed by atoms with Crippen LogP contribution in [0, 0.1) is 17.1 Å². The molecule has 0 spiro atoms. The molecule has 1 heterocycles. The molecule has 8 heteroatoms. The van der Waals surface area contributed by atoms with E-state index in [-0.39, 0.29) is 28.7 Å². The third kappa shape index (κ3) is 4.34. The van der Waals surface area contributed by atoms with Crippen LogP contribution < -0.4 is 9.47 Å². The van der Waals surface area contributed by atoms with Crippen molar-refractivity contribution in [3.8, 4) is 17.6 Å². The molecule has 0 amide bonds. The third-order valence-electron chi connectivity index (χ3n) is 4.23. The zero-order valence-electron chi connectivity index (χ0n) is 15.2. The molecule has 148 valence electrons. The van der Waals surface area contributed by atoms with Gasteiger partial charge in [0.1, 0.15) is 35.6 Å². The molecule has 0 aliphatic carbocycles. The minimum atomic E-state index is -1.96. The molecule has 5 nitrogen and oxygen atoms in total. The Hall–Kier alpha value is -3.08. The summed E-state index contributed by atoms with van der Waals surface area (Å²) in [5, 5.41) is 23.1. The predicted molar refractivity (Wildman–Crippen MR) is 107 cm³/mol. The molecule has 1 atom stereocenters. The van der Waals surface area contributed by atoms with Gasteiger partial charge in [0, 0.05) is 22.7 Å². The van der Waals surface area contributed by atoms with Crippen LogP contribution >= 0.6 is 22.9 Å². The minimum absolute atomic E-state index is 0.106. The van der Waals surface area contributed by atoms with Gasteiger partial charge in [-0.15, -0.1) is 0 Å². The van der Waals surface area contributed by atoms with E-state index in [9.17, 15) is 19.6 Å². The molecule has 0 aliphatic rings. The van der Waals surface area contributed by atoms with E-state index in [1.165, 1.54) is 36.5 Å². The molecule has 1 N–H and O–H groups in total. The van der Waals surface area contributed by atoms with Gasteiger partial charge in [0.15, 0.2) is 0 Å². The van der Waals surface area contributed by atoms with Gasteiger partial charge in [-0.3, -0.25) is 0 Å². The second-order valence-corrected chi connectivity index (χ2v) is 7.42. The third-order valence-corrected chi connectivity index (χ3v) is 5.30. The Morgan fingerprint density at radius 3 is 2.72 bits per heavy atom. The highest BCUT2D eigenvalue weighted by atomic mass is 35.5. The molecule has 0 aliphatic heterocycles. The summed E-state index contributed by atoms with van der Waals surface area (Å²) in [6, 6.07) is 12.2. The highest BCUT2D eigenvalue weighted by Gasteiger charge is 2.40. The molecule has 3 aromatic rings. The highest BCUT2D eigenvalue weighted by Crippen LogP contribution is 2.37. The van der Waals surface area contributed by atoms with Gasteiger partial charge < -0.3 is 14.6 Å². The fraction of sp³-hybridized carbons (Fsp3) is 0.143. The topological polar surface area (TPSA) is 79.5 Å². The lowest BCUT2D eigenvalue weighted by atomic mass is 9.95. The van der Waals surface area contributed by atoms with Crippen LogP contribution in [0.2, 0.25) is 5.02 Å². The quantitative estimate of drug-likeness (QED) is 0.544. The fourth-order valence-corrected chi connectivity index (χ4v) is 3.62. The molecule has 0 bridgehead atoms. The number of nitrogens with zero attached hydrogens (tertiary/aromatic N) is 1. The lowest BCUT2D eigenvalue weighted by Crippen LogP contribution is -2.39. The van der Waals surface area contributed by atoms with Crippen LogP contribution in [-0.4, -0.2) is 11.1 Å². The van der Waals surface area contributed by atoms with Crippen molar-refractivity contribution in [2.45, 2.75) is 19.1 Å². The lowest BCUT2D eigenvalue weighted by Gasteiger charge is -2.28. The number of hydrogen-bond donors (Lipinski definition) is 1. The Labute approximate surface area is 175 Å². The van der Waals surface area contributed by atoms with E-state index in [2.05, 4.69) is 0 Å². The van der Waals surface area contributed by atoms with Crippen molar-refractivity contribution in [3.05, 3.63) is 80.8 Å². The molecule has 0 fully saturated rings. The van der Waals surface area contributed by atoms with Crippen LogP contribution in [0.4, 0.5) is 4.39 Å². The first-order chi connectivity index (χ1) is 13.8. The number of aliphatic carboxylic acids is 1. The smallest absolute Gasteiger partial charge is 0.352 e. The first kappa shape index (κ1) is 20.6. The van der Waals surface area contributed by atoms with Crippen LogP contribution in [0.25, 0.3) is 0 Å². The lowest BCUT2D eigenvalue weighted by molar-refractivity contribution is -0.154. The summed E-state index contributed by atoms with van der Waals surface area (Å²) in [5.74, 6) is -2.37. The second-order valence-electron chi connectivity index (χ2n) is 6.23. The standard InChI is InChI=1S/C21H15ClFNO4S/c1-21(20(25)26,16-4-2-3-5-17(16)22)28-19-9-14(8-18(23)15(19)10-24)27-11-13-6-7-29-12-13/h2-9,12H,11H2,1H3,(H,25,26). The largest absolute Gasteiger partial charge is 0.489 e. The minimum Gasteiger partial charge on any atom is -0.489 e. The Morgan fingerprint density at radius 2 is 2.10 bits per heavy atom. The van der Waals surface area contributed by atoms with Crippen LogP contribution in [0.3, 0.4) is 0 Å². The average Bonchev–Trinajstić information content (AvgIpc) is 3.20. The summed E-state index contributed by atoms with van der Waals surface area (Å²) in [6.07, 6.45) is 0. The van der Waals surface area contributed by atoms with Gasteiger partial charge in [-0.05, 0) is 35.4 Å². The fourth-order valence-electron chi connectivity index (χ4n) is 2.65. The summed E-state index contributed by atoms with van der Waals surface area (Å²) >= 11 is 7.65. The number of rotatable bonds is 7. The van der Waals surface area contributed by atoms with Crippen molar-refractivity contribution in [2.75, 3.05) is 0 Å². The van der Waals surface area contributed by atoms with Gasteiger partial charge in [0.2, 0.25) is 5.60 Å². The summed E-state index contributed by atoms with van der Waals surface area (Å²) in [5.41, 5.74) is -1.31. The van der Waals surface area contributed by atoms with Gasteiger partial charge in [-0.25, -0.2) is 9.18 Å². The number of hydrogen-bond acceptors (Lipinski definition) is 5. The van der Waals surface area contributed by atoms with Crippen LogP contribution in [0.1, 0.15) is 23.6 Å². The van der Waals surface area contributed by atoms with Gasteiger partial charge in [-0.1, -0.05) is 29.8 Å². The molecular weight excluding hydrogens is 417 g/mol. The van der Waals surface area contributed by atoms with Crippen LogP contribution in [0.15, 0.2) is 53.2 Å². The van der Waals surface area contributed by atoms with Crippen molar-refractivity contribution in [3.63, 3.8) is 0 Å². The van der Waals surface area contributed by atoms with Crippen molar-refractivity contribution in [1.82, 2.24) is 0 Å². The number of nitriles is 1. The molecule has 29 heavy (non-hydrogen) atoms. The number of thiophene rings is 1. The maximum atomic E-state index is 14.5. The van der Waals surface area contributed by atoms with Crippen molar-refractivity contribution < 1.29 is 23.8 Å². The van der Waals surface area contributed by atoms with Crippen LogP contribution in [-0.2, 0) is 17.0 Å². The summed E-state index contributed by atoms with van der Waals surface area (Å²) in [7, 11) is 0. The average molecular weight is 432 g/mol. The summed E-state index contributed by atoms with van der Waals surface area (Å²) < 4.78 is 25.7. The number of carboxylic acid groups (broad SMARTS) is 1. The van der Waals surface area contributed by atoms with Gasteiger partial charge in [0.25, 0.3) is 0 Å². The maximum absolute atomic E-state index is 14.5. The Morgan fingerprint density at radius 1 is 1.34 bits per heavy atom. The van der Waals surface area contributed by atoms with E-state index in [0.29, 0.717) is 0 Å². The Balaban J connectivity index is 2.00. The Bertz CT molecular complexity index is 1080. The van der Waals surface area contributed by atoms with Gasteiger partial charge in [-0.2, -0.15) is 16.6 Å². The normalized spacial score (nSPS) is 12.6. The van der Waals surface area contributed by atoms with E-state index < -0.39 is 23.0 Å². The zero-order valence-corrected chi connectivity index (χ0v) is 16.8. The monoisotopic (exact) mass is 431 g/mol. The zero-order chi connectivity index (χ0) is 21.0. The number of benzene rings is 2. The van der Waals surface area contributed by atoms with E-state index in [1.54, 1.807) is 18.2 Å². The molecule has 0 saturated carbocycles. The highest BCUT2D eigenvalue weighted by molar-refractivity contribution is 7.07. The number of carbonyl (C=O) groups is 1. The van der Waals surface area contributed by atoms with Crippen molar-refractivity contribution >= 4 is 28.9 Å². The molecule has 2 aromatic carbocycles. The van der Waals surface area contributed by atoms with Crippen molar-refractivity contribution in [2.24, 2.45) is 0 Å². The first-order valence-corrected chi connectivity index (χ1v) is 9.72. The predicted octanol–water partition coefficient (Wildman–Crippen LogP) is 5.37. The van der Waals surface area contributed by atoms with E-state index >= 15 is 0 Å². The van der Waals surface area contributed by atoms with Crippen molar-refractivity contribution in [1.29, 1.82) is 5.26 Å². The molecule has 0 saturated heterocycles. The van der Waals surface area contributed by atoms with Gasteiger partial charge in [0.05, 0.1) is 0 Å². The summed E-state index contributed by atoms with van der Waals surface area (Å²) in [6.45, 7) is 1.48. The molecule has 3 rings (SSSR count). The number of ether oxygens (including phenoxy) is 2. The first-order valence-electron chi connectivity index (χ1n) is 8.40. The maximum Gasteiger partial charge on any atom is 0.352 e. The number of carboxylic acids is 1. The Kier molecular flexibility index (Phi) is 6.06. The molecular formula is C21H15ClFNO4S. The van der Waals surface area contributed by atoms with Crippen LogP contribution in [0.5, 0.6) is 11.5 Å². The second kappa shape index (κ2) is 8.52. The summed E-state index contributed by atoms with van der Waals surface area (Å²) in [4.78, 5) is 12.0.